The third kappa shape index (κ3) is 8.02. The minimum absolute atomic E-state index is 0.0747. The zero-order valence-electron chi connectivity index (χ0n) is 54.6. The Morgan fingerprint density at radius 2 is 0.526 bits per heavy atom. The lowest BCUT2D eigenvalue weighted by molar-refractivity contribution is 0.660. The molecule has 2 aromatic heterocycles. The van der Waals surface area contributed by atoms with E-state index in [1.54, 1.807) is 0 Å². The van der Waals surface area contributed by atoms with Gasteiger partial charge in [0.05, 0.1) is 27.5 Å². The molecule has 20 rings (SSSR count). The number of fused-ring (bicyclic) bond motifs is 22. The summed E-state index contributed by atoms with van der Waals surface area (Å²) in [7, 11) is 0. The Kier molecular flexibility index (Phi) is 11.8. The van der Waals surface area contributed by atoms with Crippen molar-refractivity contribution in [3.05, 3.63) is 370 Å². The number of hydrogen-bond acceptors (Lipinski definition) is 0. The van der Waals surface area contributed by atoms with Crippen LogP contribution in [-0.4, -0.2) is 9.13 Å². The van der Waals surface area contributed by atoms with Crippen molar-refractivity contribution in [3.8, 4) is 78.1 Å². The van der Waals surface area contributed by atoms with Crippen LogP contribution in [0, 0.1) is 0 Å². The summed E-state index contributed by atoms with van der Waals surface area (Å²) in [5, 5.41) is 5.02. The molecule has 0 fully saturated rings. The van der Waals surface area contributed by atoms with E-state index >= 15 is 0 Å². The van der Waals surface area contributed by atoms with Gasteiger partial charge in [-0.1, -0.05) is 283 Å². The Bertz CT molecular complexity index is 5730. The maximum absolute atomic E-state index is 2.50. The van der Waals surface area contributed by atoms with E-state index < -0.39 is 5.41 Å². The normalized spacial score (nSPS) is 14.6. The molecule has 0 atom stereocenters. The van der Waals surface area contributed by atoms with Crippen LogP contribution < -0.4 is 0 Å². The quantitative estimate of drug-likeness (QED) is 0.134. The van der Waals surface area contributed by atoms with Crippen molar-refractivity contribution in [1.82, 2.24) is 9.13 Å². The summed E-state index contributed by atoms with van der Waals surface area (Å²) in [6.07, 6.45) is 9.03. The van der Waals surface area contributed by atoms with Crippen LogP contribution >= 0.6 is 0 Å². The van der Waals surface area contributed by atoms with Crippen molar-refractivity contribution < 1.29 is 0 Å². The molecule has 0 unspecified atom stereocenters. The number of nitrogens with zero attached hydrogens (tertiary/aromatic N) is 2. The van der Waals surface area contributed by atoms with Gasteiger partial charge in [0.2, 0.25) is 0 Å². The van der Waals surface area contributed by atoms with E-state index in [4.69, 9.17) is 0 Å². The molecule has 97 heavy (non-hydrogen) atoms. The number of aromatic nitrogens is 2. The summed E-state index contributed by atoms with van der Waals surface area (Å²) in [5.41, 5.74) is 37.6. The first-order chi connectivity index (χ1) is 47.6. The first-order valence-corrected chi connectivity index (χ1v) is 34.2. The molecule has 16 aromatic rings. The molecular weight excluding hydrogens is 1170 g/mol. The van der Waals surface area contributed by atoms with Crippen LogP contribution in [0.15, 0.2) is 303 Å². The van der Waals surface area contributed by atoms with E-state index in [-0.39, 0.29) is 10.8 Å². The van der Waals surface area contributed by atoms with Crippen molar-refractivity contribution in [2.45, 2.75) is 43.9 Å². The molecule has 14 aromatic carbocycles. The van der Waals surface area contributed by atoms with Gasteiger partial charge in [0.25, 0.3) is 0 Å². The summed E-state index contributed by atoms with van der Waals surface area (Å²) in [4.78, 5) is 0. The maximum Gasteiger partial charge on any atom is 0.0725 e. The van der Waals surface area contributed by atoms with Crippen molar-refractivity contribution in [3.63, 3.8) is 0 Å². The predicted octanol–water partition coefficient (Wildman–Crippen LogP) is 24.5. The first kappa shape index (κ1) is 55.6. The molecule has 4 aliphatic carbocycles. The molecule has 0 radical (unpaired) electrons. The average molecular weight is 1240 g/mol. The van der Waals surface area contributed by atoms with Gasteiger partial charge in [0.1, 0.15) is 0 Å². The number of hydrogen-bond donors (Lipinski definition) is 0. The van der Waals surface area contributed by atoms with Gasteiger partial charge in [-0.3, -0.25) is 0 Å². The molecule has 0 aliphatic heterocycles. The summed E-state index contributed by atoms with van der Waals surface area (Å²) in [6.45, 7) is 9.45. The second kappa shape index (κ2) is 20.6. The fraction of sp³-hybridized carbons (Fsp3) is 0.0737. The highest BCUT2D eigenvalue weighted by atomic mass is 15.0. The van der Waals surface area contributed by atoms with Crippen LogP contribution in [0.25, 0.3) is 146 Å². The lowest BCUT2D eigenvalue weighted by Crippen LogP contribution is -2.26. The highest BCUT2D eigenvalue weighted by molar-refractivity contribution is 6.11. The maximum atomic E-state index is 2.50. The fourth-order valence-corrected chi connectivity index (χ4v) is 17.9. The van der Waals surface area contributed by atoms with Crippen LogP contribution in [0.1, 0.15) is 94.5 Å². The molecule has 1 spiro atoms. The highest BCUT2D eigenvalue weighted by Gasteiger charge is 2.52. The summed E-state index contributed by atoms with van der Waals surface area (Å²) >= 11 is 0. The Morgan fingerprint density at radius 1 is 0.216 bits per heavy atom. The Morgan fingerprint density at radius 3 is 0.959 bits per heavy atom. The van der Waals surface area contributed by atoms with E-state index in [2.05, 4.69) is 364 Å². The Balaban J connectivity index is 0.596. The standard InChI is InChI=1S/C95H66N2/c1-93(2)81-23-11-5-17-69(81)73-49-45-67(57-85(73)93)96-89-27-15-9-21-77(89)79-53-61(37-51-91(79)96)31-29-59-33-39-63(40-34-59)65-43-47-75-76-48-44-66(56-88(76)95(87(75)55-65)83-25-13-7-19-71(83)72-20-8-14-26-84(72)95)64-41-35-60(36-42-64)30-32-62-38-52-92-80(54-62)78-22-10-16-28-90(78)97(92)68-46-50-74-70-18-6-12-24-82(70)94(3,4)86(74)58-68/h5-58H,1-4H3/b31-29+,32-30+. The zero-order chi connectivity index (χ0) is 64.5. The van der Waals surface area contributed by atoms with Crippen LogP contribution in [0.5, 0.6) is 0 Å². The van der Waals surface area contributed by atoms with Crippen LogP contribution in [0.3, 0.4) is 0 Å². The number of rotatable bonds is 8. The number of benzene rings is 14. The SMILES string of the molecule is CC1(C)c2ccccc2-c2ccc(-n3c4ccccc4c4cc(/C=C/c5ccc(-c6ccc7c(c6)C6(c8ccccc8-c8ccccc86)c6cc(-c8ccc(/C=C/c9ccc%10c(c9)c9ccccc9n%10-c9ccc%10c(c9)C(C)(C)c9ccccc9-%10)cc8)ccc6-7)cc5)ccc43)cc21. The van der Waals surface area contributed by atoms with E-state index in [0.29, 0.717) is 0 Å². The molecule has 2 nitrogen and oxygen atoms in total. The van der Waals surface area contributed by atoms with Crippen molar-refractivity contribution >= 4 is 67.9 Å². The van der Waals surface area contributed by atoms with Gasteiger partial charge in [-0.25, -0.2) is 0 Å². The second-order valence-corrected chi connectivity index (χ2v) is 28.3. The van der Waals surface area contributed by atoms with Crippen LogP contribution in [-0.2, 0) is 16.2 Å². The third-order valence-corrected chi connectivity index (χ3v) is 22.6. The molecular formula is C95H66N2. The summed E-state index contributed by atoms with van der Waals surface area (Å²) < 4.78 is 4.90. The van der Waals surface area contributed by atoms with E-state index in [1.807, 2.05) is 0 Å². The zero-order valence-corrected chi connectivity index (χ0v) is 54.6. The molecule has 0 saturated carbocycles. The van der Waals surface area contributed by atoms with Crippen LogP contribution in [0.4, 0.5) is 0 Å². The van der Waals surface area contributed by atoms with Gasteiger partial charge in [0.15, 0.2) is 0 Å². The van der Waals surface area contributed by atoms with E-state index in [0.717, 1.165) is 11.1 Å². The van der Waals surface area contributed by atoms with Gasteiger partial charge in [-0.05, 0) is 206 Å². The van der Waals surface area contributed by atoms with Crippen molar-refractivity contribution in [2.24, 2.45) is 0 Å². The van der Waals surface area contributed by atoms with Gasteiger partial charge in [-0.2, -0.15) is 0 Å². The first-order valence-electron chi connectivity index (χ1n) is 34.2. The average Bonchev–Trinajstić information content (AvgIpc) is 1.51. The second-order valence-electron chi connectivity index (χ2n) is 28.3. The lowest BCUT2D eigenvalue weighted by Gasteiger charge is -2.31. The molecule has 0 bridgehead atoms. The fourth-order valence-electron chi connectivity index (χ4n) is 17.9. The predicted molar refractivity (Wildman–Crippen MR) is 408 cm³/mol. The lowest BCUT2D eigenvalue weighted by atomic mass is 9.70. The monoisotopic (exact) mass is 1230 g/mol. The molecule has 2 heterocycles. The van der Waals surface area contributed by atoms with E-state index in [1.165, 1.54) is 177 Å². The van der Waals surface area contributed by atoms with Crippen LogP contribution in [0.2, 0.25) is 0 Å². The highest BCUT2D eigenvalue weighted by Crippen LogP contribution is 2.64. The smallest absolute Gasteiger partial charge is 0.0725 e. The molecule has 456 valence electrons. The van der Waals surface area contributed by atoms with Crippen molar-refractivity contribution in [1.29, 1.82) is 0 Å². The van der Waals surface area contributed by atoms with Gasteiger partial charge < -0.3 is 9.13 Å². The summed E-state index contributed by atoms with van der Waals surface area (Å²) in [6, 6.07) is 114. The number of para-hydroxylation sites is 2. The van der Waals surface area contributed by atoms with E-state index in [9.17, 15) is 0 Å². The van der Waals surface area contributed by atoms with Gasteiger partial charge >= 0.3 is 0 Å². The summed E-state index contributed by atoms with van der Waals surface area (Å²) in [5.74, 6) is 0. The van der Waals surface area contributed by atoms with Gasteiger partial charge in [0, 0.05) is 43.7 Å². The molecule has 4 aliphatic rings. The minimum Gasteiger partial charge on any atom is -0.309 e. The molecule has 2 heteroatoms. The molecule has 0 saturated heterocycles. The topological polar surface area (TPSA) is 9.86 Å². The third-order valence-electron chi connectivity index (χ3n) is 22.6. The largest absolute Gasteiger partial charge is 0.309 e. The Labute approximate surface area is 565 Å². The van der Waals surface area contributed by atoms with Gasteiger partial charge in [-0.15, -0.1) is 0 Å². The Hall–Kier alpha value is -11.8. The van der Waals surface area contributed by atoms with Crippen molar-refractivity contribution in [2.75, 3.05) is 0 Å². The molecule has 0 N–H and O–H groups in total. The minimum atomic E-state index is -0.495. The molecule has 0 amide bonds.